The number of rotatable bonds is 8. The van der Waals surface area contributed by atoms with Crippen LogP contribution in [0.25, 0.3) is 0 Å². The molecule has 3 N–H and O–H groups in total. The second kappa shape index (κ2) is 8.51. The van der Waals surface area contributed by atoms with E-state index in [4.69, 9.17) is 27.4 Å². The fourth-order valence-corrected chi connectivity index (χ4v) is 2.49. The number of hydrogen-bond donors (Lipinski definition) is 2. The molecular formula is C13H25N3O3S. The lowest BCUT2D eigenvalue weighted by molar-refractivity contribution is -0.131. The lowest BCUT2D eigenvalue weighted by Crippen LogP contribution is -2.52. The summed E-state index contributed by atoms with van der Waals surface area (Å²) in [7, 11) is 3.66. The average Bonchev–Trinajstić information content (AvgIpc) is 2.45. The Morgan fingerprint density at radius 1 is 1.45 bits per heavy atom. The van der Waals surface area contributed by atoms with Gasteiger partial charge in [0.15, 0.2) is 0 Å². The third-order valence-corrected chi connectivity index (χ3v) is 4.10. The lowest BCUT2D eigenvalue weighted by Gasteiger charge is -2.34. The minimum Gasteiger partial charge on any atom is -0.392 e. The number of thiocarbonyl (C=S) groups is 1. The maximum Gasteiger partial charge on any atom is 0.233 e. The van der Waals surface area contributed by atoms with Gasteiger partial charge in [-0.25, -0.2) is 0 Å². The molecule has 0 spiro atoms. The van der Waals surface area contributed by atoms with Crippen LogP contribution >= 0.6 is 12.2 Å². The molecule has 0 atom stereocenters. The summed E-state index contributed by atoms with van der Waals surface area (Å²) >= 11 is 5.10. The molecule has 1 fully saturated rings. The Hall–Kier alpha value is -0.760. The van der Waals surface area contributed by atoms with Gasteiger partial charge >= 0.3 is 0 Å². The van der Waals surface area contributed by atoms with E-state index in [9.17, 15) is 4.79 Å². The predicted octanol–water partition coefficient (Wildman–Crippen LogP) is -0.236. The van der Waals surface area contributed by atoms with Gasteiger partial charge in [-0.2, -0.15) is 0 Å². The molecule has 0 aliphatic carbocycles. The highest BCUT2D eigenvalue weighted by molar-refractivity contribution is 7.80. The van der Waals surface area contributed by atoms with Gasteiger partial charge in [-0.3, -0.25) is 4.79 Å². The standard InChI is InChI=1S/C13H25N3O3S/c1-16(7-10-18-2)6-5-15-12(17)13(11(14)20)3-8-19-9-4-13/h3-10H2,1-2H3,(H2,14,20)(H,15,17). The summed E-state index contributed by atoms with van der Waals surface area (Å²) in [5, 5.41) is 2.94. The molecule has 0 radical (unpaired) electrons. The van der Waals surface area contributed by atoms with Crippen molar-refractivity contribution in [3.63, 3.8) is 0 Å². The van der Waals surface area contributed by atoms with Crippen LogP contribution in [-0.4, -0.2) is 69.4 Å². The van der Waals surface area contributed by atoms with Gasteiger partial charge in [-0.1, -0.05) is 12.2 Å². The summed E-state index contributed by atoms with van der Waals surface area (Å²) in [5.41, 5.74) is 5.05. The van der Waals surface area contributed by atoms with E-state index >= 15 is 0 Å². The van der Waals surface area contributed by atoms with Gasteiger partial charge < -0.3 is 25.4 Å². The second-order valence-electron chi connectivity index (χ2n) is 5.11. The monoisotopic (exact) mass is 303 g/mol. The Kier molecular flexibility index (Phi) is 7.36. The summed E-state index contributed by atoms with van der Waals surface area (Å²) in [6.07, 6.45) is 1.13. The lowest BCUT2D eigenvalue weighted by atomic mass is 9.79. The molecule has 1 rings (SSSR count). The Balaban J connectivity index is 2.41. The topological polar surface area (TPSA) is 76.8 Å². The molecule has 0 aromatic heterocycles. The Morgan fingerprint density at radius 2 is 2.10 bits per heavy atom. The van der Waals surface area contributed by atoms with E-state index < -0.39 is 5.41 Å². The number of carbonyl (C=O) groups excluding carboxylic acids is 1. The van der Waals surface area contributed by atoms with Crippen molar-refractivity contribution in [2.24, 2.45) is 11.1 Å². The number of amides is 1. The second-order valence-corrected chi connectivity index (χ2v) is 5.55. The minimum atomic E-state index is -0.737. The van der Waals surface area contributed by atoms with Crippen molar-refractivity contribution in [3.05, 3.63) is 0 Å². The quantitative estimate of drug-likeness (QED) is 0.603. The van der Waals surface area contributed by atoms with Crippen LogP contribution in [-0.2, 0) is 14.3 Å². The normalized spacial score (nSPS) is 17.9. The first kappa shape index (κ1) is 17.3. The summed E-state index contributed by atoms with van der Waals surface area (Å²) in [5.74, 6) is -0.0755. The molecule has 1 amide bonds. The van der Waals surface area contributed by atoms with Crippen LogP contribution in [0.2, 0.25) is 0 Å². The summed E-state index contributed by atoms with van der Waals surface area (Å²) < 4.78 is 10.3. The zero-order chi connectivity index (χ0) is 15.0. The molecule has 116 valence electrons. The zero-order valence-electron chi connectivity index (χ0n) is 12.3. The van der Waals surface area contributed by atoms with E-state index in [1.807, 2.05) is 7.05 Å². The van der Waals surface area contributed by atoms with Crippen LogP contribution in [0.15, 0.2) is 0 Å². The highest BCUT2D eigenvalue weighted by Gasteiger charge is 2.42. The third-order valence-electron chi connectivity index (χ3n) is 3.71. The van der Waals surface area contributed by atoms with Gasteiger partial charge in [0.05, 0.1) is 11.6 Å². The molecule has 0 aromatic carbocycles. The van der Waals surface area contributed by atoms with E-state index in [-0.39, 0.29) is 10.9 Å². The van der Waals surface area contributed by atoms with Crippen molar-refractivity contribution < 1.29 is 14.3 Å². The van der Waals surface area contributed by atoms with E-state index in [2.05, 4.69) is 10.2 Å². The van der Waals surface area contributed by atoms with Gasteiger partial charge in [0.1, 0.15) is 5.41 Å². The van der Waals surface area contributed by atoms with Gasteiger partial charge in [0.2, 0.25) is 5.91 Å². The number of ether oxygens (including phenoxy) is 2. The van der Waals surface area contributed by atoms with Crippen molar-refractivity contribution in [3.8, 4) is 0 Å². The fourth-order valence-electron chi connectivity index (χ4n) is 2.19. The number of hydrogen-bond acceptors (Lipinski definition) is 5. The van der Waals surface area contributed by atoms with E-state index in [1.54, 1.807) is 7.11 Å². The molecule has 1 aliphatic heterocycles. The van der Waals surface area contributed by atoms with Crippen molar-refractivity contribution in [2.75, 3.05) is 53.6 Å². The van der Waals surface area contributed by atoms with Crippen molar-refractivity contribution in [1.82, 2.24) is 10.2 Å². The number of likely N-dealkylation sites (N-methyl/N-ethyl adjacent to an activating group) is 1. The summed E-state index contributed by atoms with van der Waals surface area (Å²) in [6.45, 7) is 3.90. The number of methoxy groups -OCH3 is 1. The van der Waals surface area contributed by atoms with Gasteiger partial charge in [-0.15, -0.1) is 0 Å². The Labute approximate surface area is 126 Å². The molecule has 0 unspecified atom stereocenters. The number of nitrogens with two attached hydrogens (primary N) is 1. The maximum atomic E-state index is 12.4. The third kappa shape index (κ3) is 4.66. The van der Waals surface area contributed by atoms with E-state index in [0.717, 1.165) is 13.1 Å². The van der Waals surface area contributed by atoms with Crippen LogP contribution < -0.4 is 11.1 Å². The molecule has 1 aliphatic rings. The average molecular weight is 303 g/mol. The Bertz CT molecular complexity index is 333. The molecule has 1 saturated heterocycles. The molecular weight excluding hydrogens is 278 g/mol. The van der Waals surface area contributed by atoms with Crippen LogP contribution in [0, 0.1) is 5.41 Å². The molecule has 0 bridgehead atoms. The maximum absolute atomic E-state index is 12.4. The van der Waals surface area contributed by atoms with Crippen molar-refractivity contribution >= 4 is 23.1 Å². The van der Waals surface area contributed by atoms with Crippen LogP contribution in [0.3, 0.4) is 0 Å². The molecule has 20 heavy (non-hydrogen) atoms. The number of nitrogens with one attached hydrogen (secondary N) is 1. The van der Waals surface area contributed by atoms with Gasteiger partial charge in [0.25, 0.3) is 0 Å². The van der Waals surface area contributed by atoms with Gasteiger partial charge in [-0.05, 0) is 19.9 Å². The van der Waals surface area contributed by atoms with Crippen molar-refractivity contribution in [2.45, 2.75) is 12.8 Å². The molecule has 7 heteroatoms. The highest BCUT2D eigenvalue weighted by Crippen LogP contribution is 2.31. The summed E-state index contributed by atoms with van der Waals surface area (Å²) in [4.78, 5) is 14.7. The van der Waals surface area contributed by atoms with E-state index in [1.165, 1.54) is 0 Å². The first-order chi connectivity index (χ1) is 9.53. The van der Waals surface area contributed by atoms with E-state index in [0.29, 0.717) is 39.2 Å². The van der Waals surface area contributed by atoms with Gasteiger partial charge in [0, 0.05) is 40.0 Å². The predicted molar refractivity (Wildman–Crippen MR) is 81.7 cm³/mol. The zero-order valence-corrected chi connectivity index (χ0v) is 13.1. The molecule has 6 nitrogen and oxygen atoms in total. The first-order valence-electron chi connectivity index (χ1n) is 6.86. The molecule has 1 heterocycles. The SMILES string of the molecule is COCCN(C)CCNC(=O)C1(C(N)=S)CCOCC1. The molecule has 0 saturated carbocycles. The van der Waals surface area contributed by atoms with Crippen LogP contribution in [0.1, 0.15) is 12.8 Å². The largest absolute Gasteiger partial charge is 0.392 e. The summed E-state index contributed by atoms with van der Waals surface area (Å²) in [6, 6.07) is 0. The molecule has 0 aromatic rings. The number of nitrogens with zero attached hydrogens (tertiary/aromatic N) is 1. The van der Waals surface area contributed by atoms with Crippen LogP contribution in [0.4, 0.5) is 0 Å². The minimum absolute atomic E-state index is 0.0755. The smallest absolute Gasteiger partial charge is 0.233 e. The highest BCUT2D eigenvalue weighted by atomic mass is 32.1. The number of carbonyl (C=O) groups is 1. The first-order valence-corrected chi connectivity index (χ1v) is 7.27. The van der Waals surface area contributed by atoms with Crippen LogP contribution in [0.5, 0.6) is 0 Å². The van der Waals surface area contributed by atoms with Crippen molar-refractivity contribution in [1.29, 1.82) is 0 Å². The fraction of sp³-hybridized carbons (Fsp3) is 0.846. The Morgan fingerprint density at radius 3 is 2.65 bits per heavy atom.